The van der Waals surface area contributed by atoms with E-state index in [2.05, 4.69) is 31.5 Å². The van der Waals surface area contributed by atoms with Crippen molar-refractivity contribution >= 4 is 45.2 Å². The molecule has 23 heavy (non-hydrogen) atoms. The van der Waals surface area contributed by atoms with Gasteiger partial charge in [0.25, 0.3) is 5.91 Å². The number of hydrogen-bond donors (Lipinski definition) is 3. The third-order valence-corrected chi connectivity index (χ3v) is 3.28. The molecule has 0 atom stereocenters. The molecule has 2 aromatic rings. The molecule has 0 unspecified atom stereocenters. The highest BCUT2D eigenvalue weighted by Gasteiger charge is 2.14. The van der Waals surface area contributed by atoms with E-state index < -0.39 is 11.9 Å². The van der Waals surface area contributed by atoms with E-state index in [1.54, 1.807) is 6.07 Å². The fourth-order valence-electron chi connectivity index (χ4n) is 1.82. The number of nitrogens with zero attached hydrogens (tertiary/aromatic N) is 1. The summed E-state index contributed by atoms with van der Waals surface area (Å²) in [6.07, 6.45) is 1.37. The molecule has 1 aromatic carbocycles. The number of rotatable bonds is 4. The maximum Gasteiger partial charge on any atom is 0.337 e. The highest BCUT2D eigenvalue weighted by atomic mass is 79.9. The summed E-state index contributed by atoms with van der Waals surface area (Å²) in [5.41, 5.74) is 0.371. The molecule has 1 aromatic heterocycles. The van der Waals surface area contributed by atoms with E-state index in [0.29, 0.717) is 4.47 Å². The van der Waals surface area contributed by atoms with Crippen LogP contribution in [-0.4, -0.2) is 27.9 Å². The summed E-state index contributed by atoms with van der Waals surface area (Å²) in [5, 5.41) is 14.2. The summed E-state index contributed by atoms with van der Waals surface area (Å²) in [5.74, 6) is -1.74. The number of carbonyl (C=O) groups excluding carboxylic acids is 2. The first-order valence-electron chi connectivity index (χ1n) is 6.44. The standard InChI is InChI=1S/C15H12BrN3O4/c1-8(20)18-13-6-9(4-5-17-13)14(21)19-12-3-2-10(16)7-11(12)15(22)23/h2-7H,1H3,(H,19,21)(H,22,23)(H,17,18,20). The Morgan fingerprint density at radius 1 is 1.13 bits per heavy atom. The molecule has 0 bridgehead atoms. The first-order chi connectivity index (χ1) is 10.9. The summed E-state index contributed by atoms with van der Waals surface area (Å²) in [6, 6.07) is 7.36. The van der Waals surface area contributed by atoms with Crippen molar-refractivity contribution in [3.05, 3.63) is 52.1 Å². The number of aromatic carboxylic acids is 1. The van der Waals surface area contributed by atoms with Crippen LogP contribution < -0.4 is 10.6 Å². The quantitative estimate of drug-likeness (QED) is 0.758. The van der Waals surface area contributed by atoms with E-state index in [4.69, 9.17) is 0 Å². The minimum absolute atomic E-state index is 0.0381. The normalized spacial score (nSPS) is 10.0. The van der Waals surface area contributed by atoms with E-state index in [-0.39, 0.29) is 28.5 Å². The van der Waals surface area contributed by atoms with Crippen LogP contribution >= 0.6 is 15.9 Å². The molecular weight excluding hydrogens is 366 g/mol. The van der Waals surface area contributed by atoms with Crippen molar-refractivity contribution in [3.63, 3.8) is 0 Å². The molecular formula is C15H12BrN3O4. The highest BCUT2D eigenvalue weighted by Crippen LogP contribution is 2.22. The maximum atomic E-state index is 12.3. The number of anilines is 2. The molecule has 0 aliphatic rings. The molecule has 8 heteroatoms. The van der Waals surface area contributed by atoms with Gasteiger partial charge in [-0.15, -0.1) is 0 Å². The molecule has 0 aliphatic heterocycles. The number of carboxylic acid groups (broad SMARTS) is 1. The number of carbonyl (C=O) groups is 3. The second kappa shape index (κ2) is 7.01. The Hall–Kier alpha value is -2.74. The number of aromatic nitrogens is 1. The lowest BCUT2D eigenvalue weighted by Gasteiger charge is -2.09. The molecule has 7 nitrogen and oxygen atoms in total. The van der Waals surface area contributed by atoms with Gasteiger partial charge in [0.05, 0.1) is 11.3 Å². The minimum atomic E-state index is -1.16. The summed E-state index contributed by atoms with van der Waals surface area (Å²) in [6.45, 7) is 1.33. The zero-order valence-electron chi connectivity index (χ0n) is 12.0. The first-order valence-corrected chi connectivity index (χ1v) is 7.24. The van der Waals surface area contributed by atoms with Crippen molar-refractivity contribution in [1.82, 2.24) is 4.98 Å². The summed E-state index contributed by atoms with van der Waals surface area (Å²) in [7, 11) is 0. The van der Waals surface area contributed by atoms with Gasteiger partial charge in [-0.2, -0.15) is 0 Å². The van der Waals surface area contributed by atoms with Gasteiger partial charge in [-0.25, -0.2) is 9.78 Å². The van der Waals surface area contributed by atoms with Crippen molar-refractivity contribution < 1.29 is 19.5 Å². The number of halogens is 1. The zero-order valence-corrected chi connectivity index (χ0v) is 13.5. The number of nitrogens with one attached hydrogen (secondary N) is 2. The van der Waals surface area contributed by atoms with Gasteiger partial charge in [0, 0.05) is 23.2 Å². The zero-order chi connectivity index (χ0) is 17.0. The molecule has 0 saturated carbocycles. The number of benzene rings is 1. The topological polar surface area (TPSA) is 108 Å². The van der Waals surface area contributed by atoms with Crippen LogP contribution in [0.25, 0.3) is 0 Å². The minimum Gasteiger partial charge on any atom is -0.478 e. The molecule has 0 fully saturated rings. The van der Waals surface area contributed by atoms with E-state index in [0.717, 1.165) is 0 Å². The van der Waals surface area contributed by atoms with Gasteiger partial charge >= 0.3 is 5.97 Å². The lowest BCUT2D eigenvalue weighted by molar-refractivity contribution is -0.114. The Kier molecular flexibility index (Phi) is 5.07. The van der Waals surface area contributed by atoms with Gasteiger partial charge in [0.15, 0.2) is 0 Å². The Morgan fingerprint density at radius 3 is 2.52 bits per heavy atom. The average Bonchev–Trinajstić information content (AvgIpc) is 2.48. The van der Waals surface area contributed by atoms with E-state index in [9.17, 15) is 19.5 Å². The van der Waals surface area contributed by atoms with Crippen molar-refractivity contribution in [2.45, 2.75) is 6.92 Å². The Bertz CT molecular complexity index is 792. The Balaban J connectivity index is 2.26. The third kappa shape index (κ3) is 4.36. The highest BCUT2D eigenvalue weighted by molar-refractivity contribution is 9.10. The van der Waals surface area contributed by atoms with Crippen LogP contribution in [0.3, 0.4) is 0 Å². The molecule has 0 radical (unpaired) electrons. The predicted octanol–water partition coefficient (Wildman–Crippen LogP) is 2.75. The van der Waals surface area contributed by atoms with E-state index in [1.165, 1.54) is 37.4 Å². The van der Waals surface area contributed by atoms with Crippen LogP contribution in [0.4, 0.5) is 11.5 Å². The Labute approximate surface area is 139 Å². The van der Waals surface area contributed by atoms with Gasteiger partial charge in [-0.3, -0.25) is 9.59 Å². The second-order valence-electron chi connectivity index (χ2n) is 4.56. The van der Waals surface area contributed by atoms with Gasteiger partial charge < -0.3 is 15.7 Å². The van der Waals surface area contributed by atoms with Crippen LogP contribution in [0.1, 0.15) is 27.6 Å². The van der Waals surface area contributed by atoms with Crippen molar-refractivity contribution in [1.29, 1.82) is 0 Å². The van der Waals surface area contributed by atoms with Crippen molar-refractivity contribution in [2.24, 2.45) is 0 Å². The number of hydrogen-bond acceptors (Lipinski definition) is 4. The maximum absolute atomic E-state index is 12.3. The van der Waals surface area contributed by atoms with Crippen LogP contribution in [-0.2, 0) is 4.79 Å². The van der Waals surface area contributed by atoms with Crippen LogP contribution in [0.15, 0.2) is 41.0 Å². The first kappa shape index (κ1) is 16.6. The lowest BCUT2D eigenvalue weighted by Crippen LogP contribution is -2.16. The van der Waals surface area contributed by atoms with Crippen LogP contribution in [0, 0.1) is 0 Å². The summed E-state index contributed by atoms with van der Waals surface area (Å²) in [4.78, 5) is 38.4. The molecule has 118 valence electrons. The monoisotopic (exact) mass is 377 g/mol. The molecule has 2 amide bonds. The fraction of sp³-hybridized carbons (Fsp3) is 0.0667. The third-order valence-electron chi connectivity index (χ3n) is 2.79. The molecule has 3 N–H and O–H groups in total. The van der Waals surface area contributed by atoms with Crippen LogP contribution in [0.5, 0.6) is 0 Å². The SMILES string of the molecule is CC(=O)Nc1cc(C(=O)Nc2ccc(Br)cc2C(=O)O)ccn1. The van der Waals surface area contributed by atoms with Crippen molar-refractivity contribution in [2.75, 3.05) is 10.6 Å². The summed E-state index contributed by atoms with van der Waals surface area (Å²) >= 11 is 3.18. The van der Waals surface area contributed by atoms with E-state index in [1.807, 2.05) is 0 Å². The number of amides is 2. The predicted molar refractivity (Wildman–Crippen MR) is 87.6 cm³/mol. The molecule has 0 aliphatic carbocycles. The van der Waals surface area contributed by atoms with Gasteiger partial charge in [-0.05, 0) is 30.3 Å². The second-order valence-corrected chi connectivity index (χ2v) is 5.48. The average molecular weight is 378 g/mol. The number of pyridine rings is 1. The number of carboxylic acids is 1. The molecule has 2 rings (SSSR count). The summed E-state index contributed by atoms with van der Waals surface area (Å²) < 4.78 is 0.588. The van der Waals surface area contributed by atoms with Gasteiger partial charge in [0.2, 0.25) is 5.91 Å². The largest absolute Gasteiger partial charge is 0.478 e. The molecule has 1 heterocycles. The van der Waals surface area contributed by atoms with E-state index >= 15 is 0 Å². The van der Waals surface area contributed by atoms with Crippen LogP contribution in [0.2, 0.25) is 0 Å². The molecule has 0 spiro atoms. The lowest BCUT2D eigenvalue weighted by atomic mass is 10.1. The van der Waals surface area contributed by atoms with Crippen molar-refractivity contribution in [3.8, 4) is 0 Å². The van der Waals surface area contributed by atoms with Gasteiger partial charge in [-0.1, -0.05) is 15.9 Å². The molecule has 0 saturated heterocycles. The van der Waals surface area contributed by atoms with Gasteiger partial charge in [0.1, 0.15) is 5.82 Å². The Morgan fingerprint density at radius 2 is 1.87 bits per heavy atom. The fourth-order valence-corrected chi connectivity index (χ4v) is 2.18. The smallest absolute Gasteiger partial charge is 0.337 e.